The van der Waals surface area contributed by atoms with Gasteiger partial charge in [-0.25, -0.2) is 0 Å². The number of methoxy groups -OCH3 is 1. The number of hydrogen-bond donors (Lipinski definition) is 1. The number of ether oxygens (including phenoxy) is 1. The zero-order valence-electron chi connectivity index (χ0n) is 8.24. The van der Waals surface area contributed by atoms with Crippen LogP contribution in [0.3, 0.4) is 0 Å². The van der Waals surface area contributed by atoms with Crippen LogP contribution in [0.4, 0.5) is 0 Å². The van der Waals surface area contributed by atoms with Crippen molar-refractivity contribution >= 4 is 0 Å². The van der Waals surface area contributed by atoms with E-state index in [0.29, 0.717) is 0 Å². The summed E-state index contributed by atoms with van der Waals surface area (Å²) in [6.45, 7) is 3.90. The second-order valence-corrected chi connectivity index (χ2v) is 3.40. The summed E-state index contributed by atoms with van der Waals surface area (Å²) in [4.78, 5) is 4.11. The van der Waals surface area contributed by atoms with Crippen molar-refractivity contribution in [2.75, 3.05) is 13.7 Å². The monoisotopic (exact) mass is 181 g/mol. The summed E-state index contributed by atoms with van der Waals surface area (Å²) in [7, 11) is 1.57. The fourth-order valence-corrected chi connectivity index (χ4v) is 1.15. The zero-order valence-corrected chi connectivity index (χ0v) is 8.24. The Kier molecular flexibility index (Phi) is 3.01. The fraction of sp³-hybridized carbons (Fsp3) is 0.500. The van der Waals surface area contributed by atoms with Crippen molar-refractivity contribution in [3.05, 3.63) is 29.6 Å². The molecule has 0 aliphatic heterocycles. The quantitative estimate of drug-likeness (QED) is 0.763. The Balaban J connectivity index is 2.87. The third kappa shape index (κ3) is 2.50. The van der Waals surface area contributed by atoms with E-state index in [1.54, 1.807) is 20.2 Å². The molecule has 3 nitrogen and oxygen atoms in total. The van der Waals surface area contributed by atoms with E-state index in [2.05, 4.69) is 4.98 Å². The lowest BCUT2D eigenvalue weighted by atomic mass is 9.99. The maximum Gasteiger partial charge on any atom is 0.112 e. The van der Waals surface area contributed by atoms with Crippen molar-refractivity contribution in [3.8, 4) is 0 Å². The second kappa shape index (κ2) is 3.85. The van der Waals surface area contributed by atoms with Crippen molar-refractivity contribution in [3.63, 3.8) is 0 Å². The summed E-state index contributed by atoms with van der Waals surface area (Å²) >= 11 is 0. The number of aromatic nitrogens is 1. The molecule has 1 rings (SSSR count). The minimum absolute atomic E-state index is 0.276. The zero-order chi connectivity index (χ0) is 9.90. The number of hydrogen-bond acceptors (Lipinski definition) is 3. The van der Waals surface area contributed by atoms with Gasteiger partial charge in [0.1, 0.15) is 5.60 Å². The summed E-state index contributed by atoms with van der Waals surface area (Å²) in [6.07, 6.45) is 1.67. The molecule has 1 aromatic heterocycles. The molecular formula is C10H15NO2. The summed E-state index contributed by atoms with van der Waals surface area (Å²) in [5, 5.41) is 9.91. The van der Waals surface area contributed by atoms with Gasteiger partial charge in [-0.1, -0.05) is 6.07 Å². The highest BCUT2D eigenvalue weighted by atomic mass is 16.5. The van der Waals surface area contributed by atoms with Gasteiger partial charge in [0.2, 0.25) is 0 Å². The molecule has 0 aromatic carbocycles. The van der Waals surface area contributed by atoms with Gasteiger partial charge in [0, 0.05) is 24.6 Å². The van der Waals surface area contributed by atoms with E-state index in [1.165, 1.54) is 0 Å². The van der Waals surface area contributed by atoms with Crippen LogP contribution in [0.2, 0.25) is 0 Å². The largest absolute Gasteiger partial charge is 0.383 e. The fourth-order valence-electron chi connectivity index (χ4n) is 1.15. The SMILES string of the molecule is COCC(C)(O)c1ccc(C)nc1. The Morgan fingerprint density at radius 2 is 2.23 bits per heavy atom. The summed E-state index contributed by atoms with van der Waals surface area (Å²) in [5.74, 6) is 0. The smallest absolute Gasteiger partial charge is 0.112 e. The number of nitrogens with zero attached hydrogens (tertiary/aromatic N) is 1. The van der Waals surface area contributed by atoms with Crippen molar-refractivity contribution in [1.82, 2.24) is 4.98 Å². The molecule has 0 aliphatic carbocycles. The molecule has 0 radical (unpaired) electrons. The molecule has 0 amide bonds. The first-order valence-corrected chi connectivity index (χ1v) is 4.21. The molecule has 0 spiro atoms. The molecule has 1 N–H and O–H groups in total. The predicted octanol–water partition coefficient (Wildman–Crippen LogP) is 1.24. The third-order valence-corrected chi connectivity index (χ3v) is 1.96. The van der Waals surface area contributed by atoms with Crippen LogP contribution in [0.5, 0.6) is 0 Å². The maximum atomic E-state index is 9.91. The Labute approximate surface area is 78.4 Å². The standard InChI is InChI=1S/C10H15NO2/c1-8-4-5-9(6-11-8)10(2,12)7-13-3/h4-6,12H,7H2,1-3H3. The molecule has 13 heavy (non-hydrogen) atoms. The van der Waals surface area contributed by atoms with E-state index in [9.17, 15) is 5.11 Å². The van der Waals surface area contributed by atoms with Crippen LogP contribution in [0.15, 0.2) is 18.3 Å². The molecule has 3 heteroatoms. The van der Waals surface area contributed by atoms with Crippen molar-refractivity contribution in [1.29, 1.82) is 0 Å². The lowest BCUT2D eigenvalue weighted by molar-refractivity contribution is -0.0210. The van der Waals surface area contributed by atoms with E-state index >= 15 is 0 Å². The van der Waals surface area contributed by atoms with Crippen LogP contribution in [0, 0.1) is 6.92 Å². The van der Waals surface area contributed by atoms with Gasteiger partial charge in [0.05, 0.1) is 6.61 Å². The van der Waals surface area contributed by atoms with Crippen molar-refractivity contribution in [2.45, 2.75) is 19.4 Å². The van der Waals surface area contributed by atoms with Crippen LogP contribution in [-0.4, -0.2) is 23.8 Å². The van der Waals surface area contributed by atoms with Crippen LogP contribution in [-0.2, 0) is 10.3 Å². The van der Waals surface area contributed by atoms with E-state index in [0.717, 1.165) is 11.3 Å². The molecule has 0 bridgehead atoms. The Bertz CT molecular complexity index is 267. The normalized spacial score (nSPS) is 15.4. The van der Waals surface area contributed by atoms with Gasteiger partial charge in [-0.15, -0.1) is 0 Å². The predicted molar refractivity (Wildman–Crippen MR) is 50.4 cm³/mol. The van der Waals surface area contributed by atoms with Gasteiger partial charge < -0.3 is 9.84 Å². The van der Waals surface area contributed by atoms with Crippen molar-refractivity contribution in [2.24, 2.45) is 0 Å². The van der Waals surface area contributed by atoms with Crippen LogP contribution in [0.1, 0.15) is 18.2 Å². The van der Waals surface area contributed by atoms with Gasteiger partial charge in [-0.3, -0.25) is 4.98 Å². The molecule has 1 heterocycles. The number of aliphatic hydroxyl groups is 1. The molecule has 0 aliphatic rings. The highest BCUT2D eigenvalue weighted by Gasteiger charge is 2.22. The van der Waals surface area contributed by atoms with E-state index < -0.39 is 5.60 Å². The highest BCUT2D eigenvalue weighted by Crippen LogP contribution is 2.19. The Morgan fingerprint density at radius 3 is 2.69 bits per heavy atom. The molecule has 0 saturated heterocycles. The molecule has 1 aromatic rings. The Hall–Kier alpha value is -0.930. The molecule has 1 atom stereocenters. The lowest BCUT2D eigenvalue weighted by Gasteiger charge is -2.22. The van der Waals surface area contributed by atoms with Gasteiger partial charge in [0.15, 0.2) is 0 Å². The number of rotatable bonds is 3. The molecule has 0 saturated carbocycles. The van der Waals surface area contributed by atoms with E-state index in [4.69, 9.17) is 4.74 Å². The van der Waals surface area contributed by atoms with E-state index in [-0.39, 0.29) is 6.61 Å². The summed E-state index contributed by atoms with van der Waals surface area (Å²) in [6, 6.07) is 3.74. The average Bonchev–Trinajstić information content (AvgIpc) is 2.05. The van der Waals surface area contributed by atoms with Crippen molar-refractivity contribution < 1.29 is 9.84 Å². The number of aryl methyl sites for hydroxylation is 1. The van der Waals surface area contributed by atoms with Gasteiger partial charge >= 0.3 is 0 Å². The first-order chi connectivity index (χ1) is 6.06. The van der Waals surface area contributed by atoms with Crippen LogP contribution >= 0.6 is 0 Å². The molecule has 72 valence electrons. The van der Waals surface area contributed by atoms with E-state index in [1.807, 2.05) is 19.1 Å². The summed E-state index contributed by atoms with van der Waals surface area (Å²) in [5.41, 5.74) is 0.770. The lowest BCUT2D eigenvalue weighted by Crippen LogP contribution is -2.27. The maximum absolute atomic E-state index is 9.91. The highest BCUT2D eigenvalue weighted by molar-refractivity contribution is 5.19. The van der Waals surface area contributed by atoms with Gasteiger partial charge in [-0.05, 0) is 19.9 Å². The molecule has 1 unspecified atom stereocenters. The topological polar surface area (TPSA) is 42.4 Å². The van der Waals surface area contributed by atoms with Crippen LogP contribution in [0.25, 0.3) is 0 Å². The van der Waals surface area contributed by atoms with Crippen LogP contribution < -0.4 is 0 Å². The molecular weight excluding hydrogens is 166 g/mol. The molecule has 0 fully saturated rings. The minimum Gasteiger partial charge on any atom is -0.383 e. The minimum atomic E-state index is -0.949. The Morgan fingerprint density at radius 1 is 1.54 bits per heavy atom. The first-order valence-electron chi connectivity index (χ1n) is 4.21. The van der Waals surface area contributed by atoms with Gasteiger partial charge in [0.25, 0.3) is 0 Å². The first kappa shape index (κ1) is 10.2. The second-order valence-electron chi connectivity index (χ2n) is 3.40. The number of pyridine rings is 1. The van der Waals surface area contributed by atoms with Gasteiger partial charge in [-0.2, -0.15) is 0 Å². The summed E-state index contributed by atoms with van der Waals surface area (Å²) < 4.78 is 4.91. The average molecular weight is 181 g/mol. The third-order valence-electron chi connectivity index (χ3n) is 1.96.